The van der Waals surface area contributed by atoms with Gasteiger partial charge in [-0.2, -0.15) is 0 Å². The minimum atomic E-state index is -0.893. The van der Waals surface area contributed by atoms with E-state index in [1.807, 2.05) is 0 Å². The fourth-order valence-corrected chi connectivity index (χ4v) is 1.86. The maximum Gasteiger partial charge on any atom is 0.305 e. The lowest BCUT2D eigenvalue weighted by atomic mass is 10.2. The van der Waals surface area contributed by atoms with E-state index in [1.54, 1.807) is 37.3 Å². The Hall–Kier alpha value is -2.86. The molecule has 0 fully saturated rings. The first-order chi connectivity index (χ1) is 13.0. The van der Waals surface area contributed by atoms with Crippen LogP contribution in [-0.2, 0) is 9.53 Å². The monoisotopic (exact) mass is 370 g/mol. The number of ether oxygens (including phenoxy) is 1. The van der Waals surface area contributed by atoms with Crippen molar-refractivity contribution in [2.75, 3.05) is 6.61 Å². The first kappa shape index (κ1) is 22.2. The number of hydrogen-bond donors (Lipinski definition) is 2. The van der Waals surface area contributed by atoms with Gasteiger partial charge in [-0.25, -0.2) is 4.39 Å². The summed E-state index contributed by atoms with van der Waals surface area (Å²) >= 11 is 0. The van der Waals surface area contributed by atoms with Gasteiger partial charge >= 0.3 is 5.97 Å². The number of carbonyl (C=O) groups is 1. The number of rotatable bonds is 7. The van der Waals surface area contributed by atoms with Gasteiger partial charge in [0.05, 0.1) is 12.7 Å². The average Bonchev–Trinajstić information content (AvgIpc) is 2.64. The summed E-state index contributed by atoms with van der Waals surface area (Å²) < 4.78 is 17.5. The Bertz CT molecular complexity index is 757. The van der Waals surface area contributed by atoms with E-state index in [0.717, 1.165) is 0 Å². The van der Waals surface area contributed by atoms with E-state index in [1.165, 1.54) is 18.2 Å². The van der Waals surface area contributed by atoms with Crippen molar-refractivity contribution in [1.82, 2.24) is 0 Å². The summed E-state index contributed by atoms with van der Waals surface area (Å²) in [5.74, 6) is 10.2. The van der Waals surface area contributed by atoms with Gasteiger partial charge < -0.3 is 14.9 Å². The summed E-state index contributed by atoms with van der Waals surface area (Å²) in [6.07, 6.45) is 5.32. The smallest absolute Gasteiger partial charge is 0.305 e. The standard InChI is InChI=1S/C22H23FO4/c1-2-27-22(26)17-16-21(25)10-6-4-3-5-9-20(24)11-7-8-18-12-14-19(23)15-13-18/h3-5,9,12-15,20-21,24-25H,2,11,16-17H2,1H3/b4-3+,9-5+/t20-,21?/m0/s1. The van der Waals surface area contributed by atoms with Crippen LogP contribution in [0.4, 0.5) is 4.39 Å². The maximum atomic E-state index is 12.8. The summed E-state index contributed by atoms with van der Waals surface area (Å²) in [6, 6.07) is 5.82. The molecule has 2 atom stereocenters. The number of aliphatic hydroxyl groups excluding tert-OH is 2. The molecule has 1 rings (SSSR count). The highest BCUT2D eigenvalue weighted by Crippen LogP contribution is 2.01. The van der Waals surface area contributed by atoms with Gasteiger partial charge in [0.15, 0.2) is 0 Å². The molecule has 5 heteroatoms. The largest absolute Gasteiger partial charge is 0.466 e. The third-order valence-corrected chi connectivity index (χ3v) is 3.19. The van der Waals surface area contributed by atoms with Crippen molar-refractivity contribution in [3.05, 3.63) is 60.0 Å². The second-order valence-electron chi connectivity index (χ2n) is 5.47. The molecule has 0 amide bonds. The number of allylic oxidation sites excluding steroid dienone is 3. The van der Waals surface area contributed by atoms with Crippen LogP contribution in [0.1, 0.15) is 31.7 Å². The molecule has 27 heavy (non-hydrogen) atoms. The molecular weight excluding hydrogens is 347 g/mol. The van der Waals surface area contributed by atoms with E-state index in [0.29, 0.717) is 12.2 Å². The molecule has 142 valence electrons. The van der Waals surface area contributed by atoms with E-state index in [9.17, 15) is 19.4 Å². The van der Waals surface area contributed by atoms with Crippen LogP contribution >= 0.6 is 0 Å². The third-order valence-electron chi connectivity index (χ3n) is 3.19. The molecule has 0 saturated carbocycles. The molecule has 1 unspecified atom stereocenters. The van der Waals surface area contributed by atoms with Crippen molar-refractivity contribution < 1.29 is 24.1 Å². The molecule has 0 spiro atoms. The molecule has 1 aromatic rings. The Balaban J connectivity index is 2.31. The van der Waals surface area contributed by atoms with Crippen molar-refractivity contribution >= 4 is 5.97 Å². The normalized spacial score (nSPS) is 12.7. The molecule has 0 bridgehead atoms. The lowest BCUT2D eigenvalue weighted by Gasteiger charge is -2.02. The molecule has 0 saturated heterocycles. The Kier molecular flexibility index (Phi) is 11.0. The fraction of sp³-hybridized carbons (Fsp3) is 0.318. The summed E-state index contributed by atoms with van der Waals surface area (Å²) in [5.41, 5.74) is 0.685. The van der Waals surface area contributed by atoms with Gasteiger partial charge in [0.2, 0.25) is 0 Å². The lowest BCUT2D eigenvalue weighted by molar-refractivity contribution is -0.143. The number of halogens is 1. The van der Waals surface area contributed by atoms with Gasteiger partial charge in [0.25, 0.3) is 0 Å². The van der Waals surface area contributed by atoms with E-state index in [4.69, 9.17) is 4.74 Å². The van der Waals surface area contributed by atoms with Crippen LogP contribution in [0.25, 0.3) is 0 Å². The van der Waals surface area contributed by atoms with Crippen molar-refractivity contribution in [3.63, 3.8) is 0 Å². The zero-order valence-electron chi connectivity index (χ0n) is 15.2. The predicted molar refractivity (Wildman–Crippen MR) is 102 cm³/mol. The topological polar surface area (TPSA) is 66.8 Å². The molecule has 0 radical (unpaired) electrons. The highest BCUT2D eigenvalue weighted by atomic mass is 19.1. The average molecular weight is 370 g/mol. The number of benzene rings is 1. The van der Waals surface area contributed by atoms with Crippen LogP contribution in [0, 0.1) is 29.5 Å². The highest BCUT2D eigenvalue weighted by molar-refractivity contribution is 5.69. The molecule has 1 aromatic carbocycles. The maximum absolute atomic E-state index is 12.8. The molecule has 0 heterocycles. The number of carbonyl (C=O) groups excluding carboxylic acids is 1. The van der Waals surface area contributed by atoms with Crippen LogP contribution in [0.3, 0.4) is 0 Å². The first-order valence-corrected chi connectivity index (χ1v) is 8.62. The van der Waals surface area contributed by atoms with Gasteiger partial charge in [0, 0.05) is 18.4 Å². The van der Waals surface area contributed by atoms with E-state index >= 15 is 0 Å². The van der Waals surface area contributed by atoms with Crippen LogP contribution in [0.5, 0.6) is 0 Å². The van der Waals surface area contributed by atoms with Crippen LogP contribution in [0.2, 0.25) is 0 Å². The quantitative estimate of drug-likeness (QED) is 0.440. The number of hydrogen-bond acceptors (Lipinski definition) is 4. The minimum absolute atomic E-state index is 0.123. The molecule has 0 aliphatic carbocycles. The summed E-state index contributed by atoms with van der Waals surface area (Å²) in [6.45, 7) is 2.04. The minimum Gasteiger partial charge on any atom is -0.466 e. The van der Waals surface area contributed by atoms with Gasteiger partial charge in [-0.05, 0) is 43.7 Å². The van der Waals surface area contributed by atoms with Crippen LogP contribution in [-0.4, -0.2) is 35.0 Å². The van der Waals surface area contributed by atoms with E-state index < -0.39 is 12.2 Å². The highest BCUT2D eigenvalue weighted by Gasteiger charge is 2.05. The summed E-state index contributed by atoms with van der Waals surface area (Å²) in [7, 11) is 0. The van der Waals surface area contributed by atoms with Gasteiger partial charge in [-0.3, -0.25) is 4.79 Å². The van der Waals surface area contributed by atoms with Gasteiger partial charge in [-0.1, -0.05) is 41.9 Å². The van der Waals surface area contributed by atoms with E-state index in [-0.39, 0.29) is 31.0 Å². The predicted octanol–water partition coefficient (Wildman–Crippen LogP) is 2.75. The van der Waals surface area contributed by atoms with Crippen LogP contribution < -0.4 is 0 Å². The zero-order valence-corrected chi connectivity index (χ0v) is 15.2. The van der Waals surface area contributed by atoms with Crippen molar-refractivity contribution in [1.29, 1.82) is 0 Å². The van der Waals surface area contributed by atoms with Crippen molar-refractivity contribution in [2.45, 2.75) is 38.4 Å². The van der Waals surface area contributed by atoms with Crippen LogP contribution in [0.15, 0.2) is 48.6 Å². The number of esters is 1. The molecular formula is C22H23FO4. The number of aliphatic hydroxyl groups is 2. The second kappa shape index (κ2) is 13.4. The summed E-state index contributed by atoms with van der Waals surface area (Å²) in [5, 5.41) is 19.4. The summed E-state index contributed by atoms with van der Waals surface area (Å²) in [4.78, 5) is 11.1. The van der Waals surface area contributed by atoms with E-state index in [2.05, 4.69) is 23.7 Å². The van der Waals surface area contributed by atoms with Gasteiger partial charge in [0.1, 0.15) is 11.9 Å². The SMILES string of the molecule is CCOC(=O)CCC(O)C#C/C=C/C=C/[C@H](O)CC#Cc1ccc(F)cc1. The van der Waals surface area contributed by atoms with Crippen molar-refractivity contribution in [2.24, 2.45) is 0 Å². The Morgan fingerprint density at radius 1 is 1.26 bits per heavy atom. The lowest BCUT2D eigenvalue weighted by Crippen LogP contribution is -2.09. The Morgan fingerprint density at radius 2 is 2.00 bits per heavy atom. The fourth-order valence-electron chi connectivity index (χ4n) is 1.86. The van der Waals surface area contributed by atoms with Crippen molar-refractivity contribution in [3.8, 4) is 23.7 Å². The first-order valence-electron chi connectivity index (χ1n) is 8.62. The van der Waals surface area contributed by atoms with Gasteiger partial charge in [-0.15, -0.1) is 0 Å². The zero-order chi connectivity index (χ0) is 19.9. The second-order valence-corrected chi connectivity index (χ2v) is 5.47. The molecule has 4 nitrogen and oxygen atoms in total. The molecule has 0 aliphatic rings. The third kappa shape index (κ3) is 11.4. The Labute approximate surface area is 159 Å². The Morgan fingerprint density at radius 3 is 2.70 bits per heavy atom. The molecule has 0 aromatic heterocycles. The molecule has 2 N–H and O–H groups in total. The molecule has 0 aliphatic heterocycles.